The van der Waals surface area contributed by atoms with E-state index in [0.29, 0.717) is 6.54 Å². The van der Waals surface area contributed by atoms with Crippen molar-refractivity contribution in [2.75, 3.05) is 18.0 Å². The minimum atomic E-state index is 0.660. The van der Waals surface area contributed by atoms with Crippen molar-refractivity contribution in [3.63, 3.8) is 0 Å². The van der Waals surface area contributed by atoms with Crippen molar-refractivity contribution >= 4 is 17.3 Å². The predicted molar refractivity (Wildman–Crippen MR) is 86.5 cm³/mol. The van der Waals surface area contributed by atoms with E-state index in [1.807, 2.05) is 0 Å². The fraction of sp³-hybridized carbons (Fsp3) is 0.647. The molecule has 1 aromatic carbocycles. The lowest BCUT2D eigenvalue weighted by molar-refractivity contribution is 0.431. The molecule has 1 saturated carbocycles. The van der Waals surface area contributed by atoms with Gasteiger partial charge in [0.2, 0.25) is 0 Å². The van der Waals surface area contributed by atoms with Crippen molar-refractivity contribution in [1.29, 1.82) is 0 Å². The zero-order valence-electron chi connectivity index (χ0n) is 12.2. The third-order valence-electron chi connectivity index (χ3n) is 5.03. The van der Waals surface area contributed by atoms with Crippen molar-refractivity contribution in [3.8, 4) is 0 Å². The summed E-state index contributed by atoms with van der Waals surface area (Å²) in [5, 5.41) is 0.880. The Bertz CT molecular complexity index is 454. The monoisotopic (exact) mass is 292 g/mol. The normalized spacial score (nSPS) is 23.7. The highest BCUT2D eigenvalue weighted by molar-refractivity contribution is 6.31. The summed E-state index contributed by atoms with van der Waals surface area (Å²) in [7, 11) is 0. The summed E-state index contributed by atoms with van der Waals surface area (Å²) in [5.41, 5.74) is 8.11. The maximum Gasteiger partial charge on any atom is 0.0459 e. The molecule has 0 spiro atoms. The number of rotatable bonds is 4. The number of halogens is 1. The molecule has 3 rings (SSSR count). The lowest BCUT2D eigenvalue weighted by Gasteiger charge is -2.31. The summed E-state index contributed by atoms with van der Waals surface area (Å²) < 4.78 is 0. The van der Waals surface area contributed by atoms with E-state index in [1.54, 1.807) is 0 Å². The van der Waals surface area contributed by atoms with Crippen molar-refractivity contribution in [2.24, 2.45) is 11.7 Å². The lowest BCUT2D eigenvalue weighted by atomic mass is 9.95. The average Bonchev–Trinajstić information content (AvgIpc) is 3.11. The summed E-state index contributed by atoms with van der Waals surface area (Å²) >= 11 is 6.41. The Balaban J connectivity index is 1.78. The first kappa shape index (κ1) is 14.2. The van der Waals surface area contributed by atoms with Crippen LogP contribution in [0.15, 0.2) is 18.2 Å². The van der Waals surface area contributed by atoms with Crippen molar-refractivity contribution in [1.82, 2.24) is 0 Å². The summed E-state index contributed by atoms with van der Waals surface area (Å²) in [6.07, 6.45) is 9.22. The SMILES string of the molecule is NCCc1ccc(N2CCCC2C2CCCC2)cc1Cl. The molecule has 1 aliphatic carbocycles. The zero-order valence-corrected chi connectivity index (χ0v) is 12.9. The molecule has 0 radical (unpaired) electrons. The zero-order chi connectivity index (χ0) is 13.9. The van der Waals surface area contributed by atoms with Gasteiger partial charge in [0.1, 0.15) is 0 Å². The van der Waals surface area contributed by atoms with Crippen LogP contribution in [0.2, 0.25) is 5.02 Å². The maximum absolute atomic E-state index is 6.41. The van der Waals surface area contributed by atoms with Crippen LogP contribution in [0.3, 0.4) is 0 Å². The molecule has 0 bridgehead atoms. The van der Waals surface area contributed by atoms with Crippen LogP contribution >= 0.6 is 11.6 Å². The minimum Gasteiger partial charge on any atom is -0.368 e. The quantitative estimate of drug-likeness (QED) is 0.909. The van der Waals surface area contributed by atoms with Gasteiger partial charge in [-0.3, -0.25) is 0 Å². The van der Waals surface area contributed by atoms with E-state index in [9.17, 15) is 0 Å². The fourth-order valence-electron chi connectivity index (χ4n) is 4.02. The van der Waals surface area contributed by atoms with E-state index in [-0.39, 0.29) is 0 Å². The van der Waals surface area contributed by atoms with Gasteiger partial charge in [-0.15, -0.1) is 0 Å². The van der Waals surface area contributed by atoms with E-state index < -0.39 is 0 Å². The Labute approximate surface area is 127 Å². The van der Waals surface area contributed by atoms with Gasteiger partial charge in [-0.25, -0.2) is 0 Å². The molecule has 1 aromatic rings. The Hall–Kier alpha value is -0.730. The molecule has 20 heavy (non-hydrogen) atoms. The van der Waals surface area contributed by atoms with Gasteiger partial charge in [-0.05, 0) is 62.3 Å². The number of benzene rings is 1. The number of nitrogens with zero attached hydrogens (tertiary/aromatic N) is 1. The molecular formula is C17H25ClN2. The van der Waals surface area contributed by atoms with Gasteiger partial charge in [0, 0.05) is 23.3 Å². The summed E-state index contributed by atoms with van der Waals surface area (Å²) in [6.45, 7) is 1.85. The smallest absolute Gasteiger partial charge is 0.0459 e. The van der Waals surface area contributed by atoms with Crippen molar-refractivity contribution in [3.05, 3.63) is 28.8 Å². The Kier molecular flexibility index (Phi) is 4.52. The van der Waals surface area contributed by atoms with E-state index in [4.69, 9.17) is 17.3 Å². The summed E-state index contributed by atoms with van der Waals surface area (Å²) in [6, 6.07) is 7.30. The molecule has 0 amide bonds. The molecule has 0 aromatic heterocycles. The highest BCUT2D eigenvalue weighted by Crippen LogP contribution is 2.38. The summed E-state index contributed by atoms with van der Waals surface area (Å²) in [4.78, 5) is 2.61. The van der Waals surface area contributed by atoms with E-state index >= 15 is 0 Å². The molecule has 2 fully saturated rings. The lowest BCUT2D eigenvalue weighted by Crippen LogP contribution is -2.34. The Morgan fingerprint density at radius 1 is 1.15 bits per heavy atom. The number of anilines is 1. The van der Waals surface area contributed by atoms with Crippen LogP contribution in [0.5, 0.6) is 0 Å². The van der Waals surface area contributed by atoms with Gasteiger partial charge in [0.15, 0.2) is 0 Å². The summed E-state index contributed by atoms with van der Waals surface area (Å²) in [5.74, 6) is 0.903. The van der Waals surface area contributed by atoms with Crippen LogP contribution in [0.4, 0.5) is 5.69 Å². The first-order valence-electron chi connectivity index (χ1n) is 8.04. The van der Waals surface area contributed by atoms with Gasteiger partial charge in [0.25, 0.3) is 0 Å². The molecule has 2 N–H and O–H groups in total. The fourth-order valence-corrected chi connectivity index (χ4v) is 4.29. The van der Waals surface area contributed by atoms with Crippen LogP contribution in [-0.2, 0) is 6.42 Å². The van der Waals surface area contributed by atoms with Crippen LogP contribution < -0.4 is 10.6 Å². The van der Waals surface area contributed by atoms with Crippen LogP contribution in [-0.4, -0.2) is 19.1 Å². The first-order chi connectivity index (χ1) is 9.79. The molecule has 1 heterocycles. The largest absolute Gasteiger partial charge is 0.368 e. The minimum absolute atomic E-state index is 0.660. The second-order valence-corrected chi connectivity index (χ2v) is 6.67. The molecule has 1 unspecified atom stereocenters. The molecule has 110 valence electrons. The molecular weight excluding hydrogens is 268 g/mol. The average molecular weight is 293 g/mol. The standard InChI is InChI=1S/C17H25ClN2/c18-16-12-15(8-7-13(16)9-10-19)20-11-3-6-17(20)14-4-1-2-5-14/h7-8,12,14,17H,1-6,9-11,19H2. The van der Waals surface area contributed by atoms with Crippen LogP contribution in [0.1, 0.15) is 44.1 Å². The number of nitrogens with two attached hydrogens (primary N) is 1. The maximum atomic E-state index is 6.41. The van der Waals surface area contributed by atoms with Crippen LogP contribution in [0.25, 0.3) is 0 Å². The topological polar surface area (TPSA) is 29.3 Å². The second-order valence-electron chi connectivity index (χ2n) is 6.26. The third kappa shape index (κ3) is 2.82. The number of hydrogen-bond donors (Lipinski definition) is 1. The number of hydrogen-bond acceptors (Lipinski definition) is 2. The van der Waals surface area contributed by atoms with Gasteiger partial charge in [-0.1, -0.05) is 30.5 Å². The van der Waals surface area contributed by atoms with E-state index in [2.05, 4.69) is 23.1 Å². The first-order valence-corrected chi connectivity index (χ1v) is 8.42. The van der Waals surface area contributed by atoms with Gasteiger partial charge in [0.05, 0.1) is 0 Å². The van der Waals surface area contributed by atoms with Crippen molar-refractivity contribution in [2.45, 2.75) is 51.0 Å². The molecule has 2 aliphatic rings. The molecule has 1 saturated heterocycles. The van der Waals surface area contributed by atoms with E-state index in [0.717, 1.165) is 23.4 Å². The van der Waals surface area contributed by atoms with Gasteiger partial charge < -0.3 is 10.6 Å². The predicted octanol–water partition coefficient (Wildman–Crippen LogP) is 4.00. The van der Waals surface area contributed by atoms with Crippen LogP contribution in [0, 0.1) is 5.92 Å². The highest BCUT2D eigenvalue weighted by Gasteiger charge is 2.33. The Morgan fingerprint density at radius 2 is 1.95 bits per heavy atom. The molecule has 1 atom stereocenters. The molecule has 1 aliphatic heterocycles. The molecule has 3 heteroatoms. The third-order valence-corrected chi connectivity index (χ3v) is 5.38. The van der Waals surface area contributed by atoms with Gasteiger partial charge in [-0.2, -0.15) is 0 Å². The second kappa shape index (κ2) is 6.36. The Morgan fingerprint density at radius 3 is 2.65 bits per heavy atom. The molecule has 2 nitrogen and oxygen atoms in total. The van der Waals surface area contributed by atoms with E-state index in [1.165, 1.54) is 56.3 Å². The van der Waals surface area contributed by atoms with Gasteiger partial charge >= 0.3 is 0 Å². The van der Waals surface area contributed by atoms with Crippen molar-refractivity contribution < 1.29 is 0 Å². The highest BCUT2D eigenvalue weighted by atomic mass is 35.5.